The van der Waals surface area contributed by atoms with Gasteiger partial charge in [0.1, 0.15) is 5.75 Å². The van der Waals surface area contributed by atoms with Gasteiger partial charge in [-0.2, -0.15) is 0 Å². The summed E-state index contributed by atoms with van der Waals surface area (Å²) in [5.41, 5.74) is 7.21. The molecule has 70 valence electrons. The van der Waals surface area contributed by atoms with Gasteiger partial charge in [-0.05, 0) is 36.5 Å². The van der Waals surface area contributed by atoms with Crippen LogP contribution in [0.2, 0.25) is 0 Å². The Balaban J connectivity index is 2.10. The highest BCUT2D eigenvalue weighted by Crippen LogP contribution is 2.36. The van der Waals surface area contributed by atoms with Crippen LogP contribution in [-0.2, 0) is 0 Å². The van der Waals surface area contributed by atoms with Crippen molar-refractivity contribution in [2.45, 2.75) is 25.3 Å². The Labute approximate surface area is 78.4 Å². The van der Waals surface area contributed by atoms with E-state index in [0.717, 1.165) is 5.56 Å². The van der Waals surface area contributed by atoms with Crippen molar-refractivity contribution in [1.29, 1.82) is 0 Å². The second kappa shape index (κ2) is 3.38. The van der Waals surface area contributed by atoms with E-state index in [1.807, 2.05) is 12.1 Å². The first-order valence-electron chi connectivity index (χ1n) is 4.82. The van der Waals surface area contributed by atoms with Crippen molar-refractivity contribution in [3.8, 4) is 5.75 Å². The summed E-state index contributed by atoms with van der Waals surface area (Å²) in [6.07, 6.45) is 3.82. The summed E-state index contributed by atoms with van der Waals surface area (Å²) in [6, 6.07) is 7.40. The molecule has 1 aliphatic carbocycles. The molecule has 1 aromatic carbocycles. The van der Waals surface area contributed by atoms with Gasteiger partial charge < -0.3 is 10.8 Å². The number of rotatable bonds is 2. The molecule has 0 spiro atoms. The minimum absolute atomic E-state index is 0.161. The lowest BCUT2D eigenvalue weighted by atomic mass is 9.78. The number of phenolic OH excluding ortho intramolecular Hbond substituents is 1. The first-order chi connectivity index (χ1) is 6.27. The van der Waals surface area contributed by atoms with Crippen molar-refractivity contribution >= 4 is 0 Å². The third kappa shape index (κ3) is 1.68. The topological polar surface area (TPSA) is 46.2 Å². The van der Waals surface area contributed by atoms with Crippen LogP contribution in [0.15, 0.2) is 24.3 Å². The van der Waals surface area contributed by atoms with Crippen molar-refractivity contribution in [2.24, 2.45) is 11.7 Å². The molecule has 1 fully saturated rings. The maximum absolute atomic E-state index is 9.11. The lowest BCUT2D eigenvalue weighted by Gasteiger charge is -2.31. The Hall–Kier alpha value is -1.02. The fourth-order valence-corrected chi connectivity index (χ4v) is 1.77. The number of hydrogen-bond acceptors (Lipinski definition) is 2. The van der Waals surface area contributed by atoms with E-state index < -0.39 is 0 Å². The van der Waals surface area contributed by atoms with Crippen LogP contribution in [0.5, 0.6) is 5.75 Å². The molecule has 0 aliphatic heterocycles. The van der Waals surface area contributed by atoms with Gasteiger partial charge >= 0.3 is 0 Å². The Morgan fingerprint density at radius 3 is 2.31 bits per heavy atom. The van der Waals surface area contributed by atoms with Gasteiger partial charge in [0.25, 0.3) is 0 Å². The van der Waals surface area contributed by atoms with Gasteiger partial charge in [0.05, 0.1) is 0 Å². The summed E-state index contributed by atoms with van der Waals surface area (Å²) in [7, 11) is 0. The van der Waals surface area contributed by atoms with Gasteiger partial charge in [-0.3, -0.25) is 0 Å². The van der Waals surface area contributed by atoms with Crippen molar-refractivity contribution in [2.75, 3.05) is 0 Å². The average Bonchev–Trinajstić information content (AvgIpc) is 2.02. The zero-order valence-electron chi connectivity index (χ0n) is 7.61. The number of hydrogen-bond donors (Lipinski definition) is 2. The molecular formula is C11H15NO. The molecule has 1 aromatic rings. The summed E-state index contributed by atoms with van der Waals surface area (Å²) in [5.74, 6) is 0.967. The van der Waals surface area contributed by atoms with Gasteiger partial charge in [0, 0.05) is 6.04 Å². The molecule has 2 nitrogen and oxygen atoms in total. The molecule has 0 aromatic heterocycles. The van der Waals surface area contributed by atoms with Crippen LogP contribution in [0.4, 0.5) is 0 Å². The molecule has 0 radical (unpaired) electrons. The molecule has 0 heterocycles. The van der Waals surface area contributed by atoms with E-state index in [4.69, 9.17) is 10.8 Å². The van der Waals surface area contributed by atoms with Gasteiger partial charge in [-0.25, -0.2) is 0 Å². The van der Waals surface area contributed by atoms with Gasteiger partial charge in [0.2, 0.25) is 0 Å². The molecule has 1 saturated carbocycles. The average molecular weight is 177 g/mol. The number of aromatic hydroxyl groups is 1. The van der Waals surface area contributed by atoms with Crippen LogP contribution < -0.4 is 5.73 Å². The lowest BCUT2D eigenvalue weighted by Crippen LogP contribution is -2.26. The largest absolute Gasteiger partial charge is 0.508 e. The van der Waals surface area contributed by atoms with Crippen molar-refractivity contribution in [3.63, 3.8) is 0 Å². The molecule has 0 saturated heterocycles. The van der Waals surface area contributed by atoms with Gasteiger partial charge in [-0.1, -0.05) is 18.6 Å². The van der Waals surface area contributed by atoms with Gasteiger partial charge in [0.15, 0.2) is 0 Å². The van der Waals surface area contributed by atoms with E-state index >= 15 is 0 Å². The van der Waals surface area contributed by atoms with Crippen molar-refractivity contribution in [1.82, 2.24) is 0 Å². The highest BCUT2D eigenvalue weighted by molar-refractivity contribution is 5.28. The standard InChI is InChI=1S/C11H15NO/c12-11(8-2-1-3-8)9-4-6-10(13)7-5-9/h4-8,11,13H,1-3,12H2/t11-/m1/s1. The molecule has 13 heavy (non-hydrogen) atoms. The Morgan fingerprint density at radius 1 is 1.23 bits per heavy atom. The first-order valence-corrected chi connectivity index (χ1v) is 4.82. The van der Waals surface area contributed by atoms with Gasteiger partial charge in [-0.15, -0.1) is 0 Å². The number of nitrogens with two attached hydrogens (primary N) is 1. The fourth-order valence-electron chi connectivity index (χ4n) is 1.77. The monoisotopic (exact) mass is 177 g/mol. The first kappa shape index (κ1) is 8.57. The van der Waals surface area contributed by atoms with E-state index in [1.54, 1.807) is 12.1 Å². The van der Waals surface area contributed by atoms with E-state index in [2.05, 4.69) is 0 Å². The summed E-state index contributed by atoms with van der Waals surface area (Å²) < 4.78 is 0. The van der Waals surface area contributed by atoms with Crippen LogP contribution in [0, 0.1) is 5.92 Å². The van der Waals surface area contributed by atoms with Crippen LogP contribution in [0.3, 0.4) is 0 Å². The second-order valence-corrected chi connectivity index (χ2v) is 3.81. The molecule has 3 N–H and O–H groups in total. The summed E-state index contributed by atoms with van der Waals surface area (Å²) >= 11 is 0. The molecule has 1 atom stereocenters. The highest BCUT2D eigenvalue weighted by Gasteiger charge is 2.25. The summed E-state index contributed by atoms with van der Waals surface area (Å²) in [4.78, 5) is 0. The Morgan fingerprint density at radius 2 is 1.85 bits per heavy atom. The van der Waals surface area contributed by atoms with Crippen LogP contribution in [0.25, 0.3) is 0 Å². The lowest BCUT2D eigenvalue weighted by molar-refractivity contribution is 0.264. The zero-order chi connectivity index (χ0) is 9.26. The molecule has 0 unspecified atom stereocenters. The Kier molecular flexibility index (Phi) is 2.23. The predicted molar refractivity (Wildman–Crippen MR) is 52.4 cm³/mol. The maximum atomic E-state index is 9.11. The molecular weight excluding hydrogens is 162 g/mol. The van der Waals surface area contributed by atoms with Crippen LogP contribution >= 0.6 is 0 Å². The normalized spacial score (nSPS) is 19.5. The van der Waals surface area contributed by atoms with E-state index in [-0.39, 0.29) is 6.04 Å². The summed E-state index contributed by atoms with van der Waals surface area (Å²) in [5, 5.41) is 9.11. The minimum atomic E-state index is 0.161. The van der Waals surface area contributed by atoms with Crippen LogP contribution in [-0.4, -0.2) is 5.11 Å². The highest BCUT2D eigenvalue weighted by atomic mass is 16.3. The summed E-state index contributed by atoms with van der Waals surface area (Å²) in [6.45, 7) is 0. The van der Waals surface area contributed by atoms with E-state index in [9.17, 15) is 0 Å². The quantitative estimate of drug-likeness (QED) is 0.727. The molecule has 1 aliphatic rings. The Bertz CT molecular complexity index is 277. The predicted octanol–water partition coefficient (Wildman–Crippen LogP) is 2.19. The van der Waals surface area contributed by atoms with Crippen molar-refractivity contribution < 1.29 is 5.11 Å². The fraction of sp³-hybridized carbons (Fsp3) is 0.455. The van der Waals surface area contributed by atoms with E-state index in [0.29, 0.717) is 11.7 Å². The molecule has 0 bridgehead atoms. The molecule has 0 amide bonds. The third-order valence-electron chi connectivity index (χ3n) is 2.94. The van der Waals surface area contributed by atoms with Crippen LogP contribution in [0.1, 0.15) is 30.9 Å². The van der Waals surface area contributed by atoms with E-state index in [1.165, 1.54) is 19.3 Å². The third-order valence-corrected chi connectivity index (χ3v) is 2.94. The number of benzene rings is 1. The minimum Gasteiger partial charge on any atom is -0.508 e. The second-order valence-electron chi connectivity index (χ2n) is 3.81. The number of phenols is 1. The van der Waals surface area contributed by atoms with Crippen molar-refractivity contribution in [3.05, 3.63) is 29.8 Å². The molecule has 2 rings (SSSR count). The maximum Gasteiger partial charge on any atom is 0.115 e. The molecule has 2 heteroatoms. The smallest absolute Gasteiger partial charge is 0.115 e. The SMILES string of the molecule is N[C@@H](c1ccc(O)cc1)C1CCC1. The zero-order valence-corrected chi connectivity index (χ0v) is 7.61.